The Morgan fingerprint density at radius 2 is 2.05 bits per heavy atom. The second-order valence-electron chi connectivity index (χ2n) is 4.31. The van der Waals surface area contributed by atoms with Gasteiger partial charge in [0.05, 0.1) is 12.2 Å². The number of nitrogens with zero attached hydrogens (tertiary/aromatic N) is 2. The molecule has 0 saturated heterocycles. The molecule has 0 spiro atoms. The van der Waals surface area contributed by atoms with Gasteiger partial charge in [-0.05, 0) is 31.2 Å². The van der Waals surface area contributed by atoms with Gasteiger partial charge in [0.1, 0.15) is 0 Å². The van der Waals surface area contributed by atoms with Crippen LogP contribution in [-0.4, -0.2) is 31.0 Å². The van der Waals surface area contributed by atoms with E-state index >= 15 is 0 Å². The summed E-state index contributed by atoms with van der Waals surface area (Å²) in [6, 6.07) is 7.98. The molecular formula is C13H14N2O4S. The first-order valence-electron chi connectivity index (χ1n) is 5.87. The molecule has 0 amide bonds. The highest BCUT2D eigenvalue weighted by Crippen LogP contribution is 2.18. The summed E-state index contributed by atoms with van der Waals surface area (Å²) in [5.41, 5.74) is 1.45. The minimum Gasteiger partial charge on any atom is -0.440 e. The summed E-state index contributed by atoms with van der Waals surface area (Å²) in [6.45, 7) is 1.96. The van der Waals surface area contributed by atoms with Crippen LogP contribution in [0.2, 0.25) is 0 Å². The molecule has 0 unspecified atom stereocenters. The van der Waals surface area contributed by atoms with Crippen LogP contribution in [0.5, 0.6) is 0 Å². The Labute approximate surface area is 117 Å². The standard InChI is InChI=1S/C13H14N2O4S/c1-10-4-3-5-11(14-10)8-15(2)20(17,18)13-7-6-12(9-16)19-13/h3-7,9H,8H2,1-2H3. The number of hydrogen-bond acceptors (Lipinski definition) is 5. The Kier molecular flexibility index (Phi) is 4.01. The van der Waals surface area contributed by atoms with Crippen molar-refractivity contribution >= 4 is 16.3 Å². The van der Waals surface area contributed by atoms with Crippen LogP contribution in [0.3, 0.4) is 0 Å². The fourth-order valence-corrected chi connectivity index (χ4v) is 2.74. The van der Waals surface area contributed by atoms with Gasteiger partial charge in [-0.2, -0.15) is 4.31 Å². The second kappa shape index (κ2) is 5.56. The molecule has 106 valence electrons. The first-order chi connectivity index (χ1) is 9.43. The van der Waals surface area contributed by atoms with Crippen molar-refractivity contribution in [1.82, 2.24) is 9.29 Å². The maximum atomic E-state index is 12.2. The number of aromatic nitrogens is 1. The number of carbonyl (C=O) groups excluding carboxylic acids is 1. The number of aldehydes is 1. The third-order valence-corrected chi connectivity index (χ3v) is 4.39. The van der Waals surface area contributed by atoms with Crippen molar-refractivity contribution in [2.45, 2.75) is 18.6 Å². The van der Waals surface area contributed by atoms with E-state index in [9.17, 15) is 13.2 Å². The van der Waals surface area contributed by atoms with Crippen LogP contribution in [0, 0.1) is 6.92 Å². The van der Waals surface area contributed by atoms with Gasteiger partial charge in [-0.25, -0.2) is 8.42 Å². The number of carbonyl (C=O) groups is 1. The van der Waals surface area contributed by atoms with Crippen LogP contribution in [-0.2, 0) is 16.6 Å². The monoisotopic (exact) mass is 294 g/mol. The van der Waals surface area contributed by atoms with Crippen molar-refractivity contribution in [2.24, 2.45) is 0 Å². The van der Waals surface area contributed by atoms with Crippen LogP contribution in [0.1, 0.15) is 21.9 Å². The molecule has 0 radical (unpaired) electrons. The molecule has 7 heteroatoms. The fraction of sp³-hybridized carbons (Fsp3) is 0.231. The van der Waals surface area contributed by atoms with Gasteiger partial charge in [0.2, 0.25) is 5.09 Å². The summed E-state index contributed by atoms with van der Waals surface area (Å²) < 4.78 is 30.6. The molecule has 0 N–H and O–H groups in total. The highest BCUT2D eigenvalue weighted by Gasteiger charge is 2.25. The summed E-state index contributed by atoms with van der Waals surface area (Å²) in [6.07, 6.45) is 0.459. The van der Waals surface area contributed by atoms with Crippen LogP contribution in [0.25, 0.3) is 0 Å². The molecule has 0 fully saturated rings. The van der Waals surface area contributed by atoms with Crippen molar-refractivity contribution in [1.29, 1.82) is 0 Å². The van der Waals surface area contributed by atoms with Crippen LogP contribution >= 0.6 is 0 Å². The smallest absolute Gasteiger partial charge is 0.276 e. The van der Waals surface area contributed by atoms with E-state index < -0.39 is 10.0 Å². The Morgan fingerprint density at radius 3 is 2.65 bits per heavy atom. The lowest BCUT2D eigenvalue weighted by Crippen LogP contribution is -2.26. The lowest BCUT2D eigenvalue weighted by atomic mass is 10.3. The molecule has 2 heterocycles. The molecule has 0 aliphatic heterocycles. The predicted octanol–water partition coefficient (Wildman–Crippen LogP) is 1.62. The molecule has 20 heavy (non-hydrogen) atoms. The van der Waals surface area contributed by atoms with E-state index in [0.717, 1.165) is 10.00 Å². The van der Waals surface area contributed by atoms with Crippen LogP contribution < -0.4 is 0 Å². The SMILES string of the molecule is Cc1cccc(CN(C)S(=O)(=O)c2ccc(C=O)o2)n1. The second-order valence-corrected chi connectivity index (χ2v) is 6.28. The van der Waals surface area contributed by atoms with Gasteiger partial charge in [-0.3, -0.25) is 9.78 Å². The van der Waals surface area contributed by atoms with Gasteiger partial charge in [-0.1, -0.05) is 6.07 Å². The summed E-state index contributed by atoms with van der Waals surface area (Å²) in [7, 11) is -2.34. The van der Waals surface area contributed by atoms with Crippen molar-refractivity contribution in [2.75, 3.05) is 7.05 Å². The highest BCUT2D eigenvalue weighted by atomic mass is 32.2. The molecule has 2 aromatic rings. The highest BCUT2D eigenvalue weighted by molar-refractivity contribution is 7.88. The van der Waals surface area contributed by atoms with Crippen LogP contribution in [0.4, 0.5) is 0 Å². The van der Waals surface area contributed by atoms with Crippen molar-refractivity contribution in [3.8, 4) is 0 Å². The largest absolute Gasteiger partial charge is 0.440 e. The van der Waals surface area contributed by atoms with E-state index in [1.54, 1.807) is 6.07 Å². The molecule has 0 aliphatic carbocycles. The van der Waals surface area contributed by atoms with Gasteiger partial charge in [-0.15, -0.1) is 0 Å². The molecule has 6 nitrogen and oxygen atoms in total. The minimum atomic E-state index is -3.77. The van der Waals surface area contributed by atoms with E-state index in [4.69, 9.17) is 4.42 Å². The lowest BCUT2D eigenvalue weighted by molar-refractivity contribution is 0.109. The average molecular weight is 294 g/mol. The molecule has 0 atom stereocenters. The van der Waals surface area contributed by atoms with Crippen LogP contribution in [0.15, 0.2) is 39.8 Å². The Hall–Kier alpha value is -1.99. The molecule has 2 rings (SSSR count). The number of sulfonamides is 1. The molecule has 0 bridgehead atoms. The topological polar surface area (TPSA) is 80.5 Å². The summed E-state index contributed by atoms with van der Waals surface area (Å²) in [5.74, 6) is -0.0225. The zero-order chi connectivity index (χ0) is 14.8. The zero-order valence-corrected chi connectivity index (χ0v) is 11.9. The number of rotatable bonds is 5. The van der Waals surface area contributed by atoms with E-state index in [-0.39, 0.29) is 17.4 Å². The van der Waals surface area contributed by atoms with Crippen molar-refractivity contribution in [3.05, 3.63) is 47.5 Å². The molecule has 0 saturated carbocycles. The quantitative estimate of drug-likeness (QED) is 0.783. The van der Waals surface area contributed by atoms with Gasteiger partial charge >= 0.3 is 0 Å². The first kappa shape index (κ1) is 14.4. The van der Waals surface area contributed by atoms with E-state index in [0.29, 0.717) is 12.0 Å². The molecule has 2 aromatic heterocycles. The summed E-state index contributed by atoms with van der Waals surface area (Å²) in [4.78, 5) is 14.8. The average Bonchev–Trinajstić information content (AvgIpc) is 2.88. The molecular weight excluding hydrogens is 280 g/mol. The normalized spacial score (nSPS) is 11.8. The van der Waals surface area contributed by atoms with Gasteiger partial charge in [0.25, 0.3) is 10.0 Å². The number of pyridine rings is 1. The number of furan rings is 1. The van der Waals surface area contributed by atoms with E-state index in [1.165, 1.54) is 19.2 Å². The lowest BCUT2D eigenvalue weighted by Gasteiger charge is -2.15. The summed E-state index contributed by atoms with van der Waals surface area (Å²) in [5, 5.41) is -0.255. The Balaban J connectivity index is 2.23. The van der Waals surface area contributed by atoms with E-state index in [1.807, 2.05) is 19.1 Å². The zero-order valence-electron chi connectivity index (χ0n) is 11.1. The minimum absolute atomic E-state index is 0.0225. The predicted molar refractivity (Wildman–Crippen MR) is 71.7 cm³/mol. The van der Waals surface area contributed by atoms with Gasteiger partial charge < -0.3 is 4.42 Å². The number of hydrogen-bond donors (Lipinski definition) is 0. The molecule has 0 aromatic carbocycles. The Bertz CT molecular complexity index is 721. The Morgan fingerprint density at radius 1 is 1.30 bits per heavy atom. The van der Waals surface area contributed by atoms with Crippen molar-refractivity contribution in [3.63, 3.8) is 0 Å². The van der Waals surface area contributed by atoms with E-state index in [2.05, 4.69) is 4.98 Å². The third-order valence-electron chi connectivity index (χ3n) is 2.71. The fourth-order valence-electron chi connectivity index (χ4n) is 1.69. The van der Waals surface area contributed by atoms with Gasteiger partial charge in [0.15, 0.2) is 12.0 Å². The summed E-state index contributed by atoms with van der Waals surface area (Å²) >= 11 is 0. The van der Waals surface area contributed by atoms with Gasteiger partial charge in [0, 0.05) is 12.7 Å². The van der Waals surface area contributed by atoms with Crippen molar-refractivity contribution < 1.29 is 17.6 Å². The first-order valence-corrected chi connectivity index (χ1v) is 7.31. The molecule has 0 aliphatic rings. The maximum Gasteiger partial charge on any atom is 0.276 e. The third kappa shape index (κ3) is 2.94. The number of aryl methyl sites for hydroxylation is 1. The maximum absolute atomic E-state index is 12.2.